The molecule has 2 aromatic heterocycles. The molecule has 0 radical (unpaired) electrons. The number of nitrogens with one attached hydrogen (secondary N) is 1. The van der Waals surface area contributed by atoms with Crippen molar-refractivity contribution in [3.8, 4) is 11.1 Å². The molecular weight excluding hydrogens is 212 g/mol. The Morgan fingerprint density at radius 2 is 1.88 bits per heavy atom. The zero-order valence-electron chi connectivity index (χ0n) is 10.3. The third-order valence-electron chi connectivity index (χ3n) is 2.83. The van der Waals surface area contributed by atoms with E-state index in [1.54, 1.807) is 12.4 Å². The first kappa shape index (κ1) is 11.6. The van der Waals surface area contributed by atoms with E-state index in [2.05, 4.69) is 23.8 Å². The average Bonchev–Trinajstić information content (AvgIpc) is 2.33. The quantitative estimate of drug-likeness (QED) is 0.859. The van der Waals surface area contributed by atoms with Gasteiger partial charge in [-0.2, -0.15) is 0 Å². The van der Waals surface area contributed by atoms with Gasteiger partial charge in [-0.05, 0) is 36.6 Å². The van der Waals surface area contributed by atoms with E-state index in [1.807, 2.05) is 25.1 Å². The van der Waals surface area contributed by atoms with Crippen LogP contribution < -0.4 is 5.56 Å². The first-order chi connectivity index (χ1) is 8.09. The van der Waals surface area contributed by atoms with Gasteiger partial charge < -0.3 is 4.98 Å². The molecule has 2 rings (SSSR count). The summed E-state index contributed by atoms with van der Waals surface area (Å²) in [5.74, 6) is 0.284. The number of aromatic amines is 1. The molecule has 0 fully saturated rings. The topological polar surface area (TPSA) is 45.8 Å². The number of aryl methyl sites for hydroxylation is 1. The number of hydrogen-bond donors (Lipinski definition) is 1. The molecule has 0 spiro atoms. The Morgan fingerprint density at radius 3 is 2.47 bits per heavy atom. The van der Waals surface area contributed by atoms with Gasteiger partial charge in [-0.3, -0.25) is 9.78 Å². The molecule has 0 atom stereocenters. The van der Waals surface area contributed by atoms with Crippen LogP contribution in [0.3, 0.4) is 0 Å². The zero-order chi connectivity index (χ0) is 12.4. The summed E-state index contributed by atoms with van der Waals surface area (Å²) in [4.78, 5) is 18.6. The molecule has 0 saturated carbocycles. The Balaban J connectivity index is 2.68. The van der Waals surface area contributed by atoms with Crippen LogP contribution in [0.25, 0.3) is 11.1 Å². The molecule has 0 bridgehead atoms. The summed E-state index contributed by atoms with van der Waals surface area (Å²) in [7, 11) is 0. The van der Waals surface area contributed by atoms with E-state index in [4.69, 9.17) is 0 Å². The van der Waals surface area contributed by atoms with Gasteiger partial charge in [-0.15, -0.1) is 0 Å². The average molecular weight is 228 g/mol. The monoisotopic (exact) mass is 228 g/mol. The van der Waals surface area contributed by atoms with E-state index in [0.29, 0.717) is 0 Å². The predicted molar refractivity (Wildman–Crippen MR) is 69.1 cm³/mol. The Kier molecular flexibility index (Phi) is 3.09. The lowest BCUT2D eigenvalue weighted by atomic mass is 9.97. The van der Waals surface area contributed by atoms with Crippen molar-refractivity contribution < 1.29 is 0 Å². The van der Waals surface area contributed by atoms with E-state index in [-0.39, 0.29) is 11.5 Å². The smallest absolute Gasteiger partial charge is 0.251 e. The van der Waals surface area contributed by atoms with Crippen molar-refractivity contribution in [3.05, 3.63) is 52.2 Å². The van der Waals surface area contributed by atoms with E-state index in [1.165, 1.54) is 0 Å². The van der Waals surface area contributed by atoms with Crippen molar-refractivity contribution >= 4 is 0 Å². The van der Waals surface area contributed by atoms with Crippen molar-refractivity contribution in [2.24, 2.45) is 0 Å². The standard InChI is InChI=1S/C14H16N2O/c1-9(2)13-12(8-10(3)14(17)16-13)11-4-6-15-7-5-11/h4-9H,1-3H3,(H,16,17). The molecule has 17 heavy (non-hydrogen) atoms. The van der Waals surface area contributed by atoms with Gasteiger partial charge in [0.2, 0.25) is 0 Å². The van der Waals surface area contributed by atoms with E-state index >= 15 is 0 Å². The second kappa shape index (κ2) is 4.53. The Morgan fingerprint density at radius 1 is 1.24 bits per heavy atom. The van der Waals surface area contributed by atoms with Gasteiger partial charge in [-0.1, -0.05) is 13.8 Å². The first-order valence-electron chi connectivity index (χ1n) is 5.74. The molecule has 0 amide bonds. The maximum absolute atomic E-state index is 11.7. The van der Waals surface area contributed by atoms with Crippen LogP contribution in [0.15, 0.2) is 35.4 Å². The van der Waals surface area contributed by atoms with Crippen LogP contribution in [0.1, 0.15) is 31.0 Å². The van der Waals surface area contributed by atoms with Gasteiger partial charge in [0.05, 0.1) is 0 Å². The maximum atomic E-state index is 11.7. The van der Waals surface area contributed by atoms with Crippen LogP contribution in [-0.4, -0.2) is 9.97 Å². The summed E-state index contributed by atoms with van der Waals surface area (Å²) in [5, 5.41) is 0. The molecule has 3 nitrogen and oxygen atoms in total. The largest absolute Gasteiger partial charge is 0.325 e. The number of H-pyrrole nitrogens is 1. The highest BCUT2D eigenvalue weighted by Crippen LogP contribution is 2.26. The third kappa shape index (κ3) is 2.28. The number of aromatic nitrogens is 2. The summed E-state index contributed by atoms with van der Waals surface area (Å²) in [5.41, 5.74) is 3.88. The van der Waals surface area contributed by atoms with Crippen molar-refractivity contribution in [3.63, 3.8) is 0 Å². The molecule has 0 aliphatic heterocycles. The van der Waals surface area contributed by atoms with Crippen LogP contribution in [0.4, 0.5) is 0 Å². The van der Waals surface area contributed by atoms with Crippen LogP contribution in [-0.2, 0) is 0 Å². The summed E-state index contributed by atoms with van der Waals surface area (Å²) in [6.45, 7) is 5.98. The van der Waals surface area contributed by atoms with Crippen LogP contribution in [0.2, 0.25) is 0 Å². The minimum absolute atomic E-state index is 0.00786. The molecule has 1 N–H and O–H groups in total. The fourth-order valence-corrected chi connectivity index (χ4v) is 1.87. The highest BCUT2D eigenvalue weighted by atomic mass is 16.1. The van der Waals surface area contributed by atoms with Gasteiger partial charge in [-0.25, -0.2) is 0 Å². The highest BCUT2D eigenvalue weighted by molar-refractivity contribution is 5.66. The Bertz CT molecular complexity index is 571. The van der Waals surface area contributed by atoms with Gasteiger partial charge in [0.25, 0.3) is 5.56 Å². The Hall–Kier alpha value is -1.90. The predicted octanol–water partition coefficient (Wildman–Crippen LogP) is 2.87. The summed E-state index contributed by atoms with van der Waals surface area (Å²) >= 11 is 0. The fraction of sp³-hybridized carbons (Fsp3) is 0.286. The maximum Gasteiger partial charge on any atom is 0.251 e. The van der Waals surface area contributed by atoms with E-state index in [0.717, 1.165) is 22.4 Å². The number of nitrogens with zero attached hydrogens (tertiary/aromatic N) is 1. The van der Waals surface area contributed by atoms with Gasteiger partial charge in [0, 0.05) is 29.2 Å². The van der Waals surface area contributed by atoms with Gasteiger partial charge >= 0.3 is 0 Å². The Labute approximate surface area is 101 Å². The molecule has 2 heterocycles. The van der Waals surface area contributed by atoms with Crippen LogP contribution >= 0.6 is 0 Å². The van der Waals surface area contributed by atoms with Crippen LogP contribution in [0.5, 0.6) is 0 Å². The fourth-order valence-electron chi connectivity index (χ4n) is 1.87. The van der Waals surface area contributed by atoms with Crippen molar-refractivity contribution in [1.82, 2.24) is 9.97 Å². The molecule has 0 aliphatic carbocycles. The highest BCUT2D eigenvalue weighted by Gasteiger charge is 2.11. The summed E-state index contributed by atoms with van der Waals surface area (Å²) in [6, 6.07) is 5.86. The lowest BCUT2D eigenvalue weighted by Gasteiger charge is -2.13. The molecule has 2 aromatic rings. The van der Waals surface area contributed by atoms with E-state index < -0.39 is 0 Å². The number of pyridine rings is 2. The number of rotatable bonds is 2. The molecular formula is C14H16N2O. The lowest BCUT2D eigenvalue weighted by Crippen LogP contribution is -2.14. The normalized spacial score (nSPS) is 10.8. The zero-order valence-corrected chi connectivity index (χ0v) is 10.3. The lowest BCUT2D eigenvalue weighted by molar-refractivity contribution is 0.816. The summed E-state index contributed by atoms with van der Waals surface area (Å²) < 4.78 is 0. The summed E-state index contributed by atoms with van der Waals surface area (Å²) in [6.07, 6.45) is 3.53. The van der Waals surface area contributed by atoms with Crippen LogP contribution in [0, 0.1) is 6.92 Å². The third-order valence-corrected chi connectivity index (χ3v) is 2.83. The number of hydrogen-bond acceptors (Lipinski definition) is 2. The second-order valence-electron chi connectivity index (χ2n) is 4.50. The SMILES string of the molecule is Cc1cc(-c2ccncc2)c(C(C)C)[nH]c1=O. The minimum Gasteiger partial charge on any atom is -0.325 e. The molecule has 88 valence electrons. The molecule has 0 aromatic carbocycles. The van der Waals surface area contributed by atoms with Crippen molar-refractivity contribution in [2.75, 3.05) is 0 Å². The van der Waals surface area contributed by atoms with Crippen molar-refractivity contribution in [1.29, 1.82) is 0 Å². The van der Waals surface area contributed by atoms with Gasteiger partial charge in [0.1, 0.15) is 0 Å². The van der Waals surface area contributed by atoms with Crippen molar-refractivity contribution in [2.45, 2.75) is 26.7 Å². The molecule has 0 aliphatic rings. The van der Waals surface area contributed by atoms with Gasteiger partial charge in [0.15, 0.2) is 0 Å². The molecule has 3 heteroatoms. The molecule has 0 saturated heterocycles. The first-order valence-corrected chi connectivity index (χ1v) is 5.74. The minimum atomic E-state index is -0.00786. The van der Waals surface area contributed by atoms with E-state index in [9.17, 15) is 4.79 Å². The molecule has 0 unspecified atom stereocenters. The second-order valence-corrected chi connectivity index (χ2v) is 4.50.